The lowest BCUT2D eigenvalue weighted by Gasteiger charge is -2.39. The fourth-order valence-corrected chi connectivity index (χ4v) is 3.70. The minimum atomic E-state index is -1.11. The smallest absolute Gasteiger partial charge is 0.305 e. The molecule has 2 rings (SSSR count). The van der Waals surface area contributed by atoms with Crippen LogP contribution in [0.5, 0.6) is 11.5 Å². The summed E-state index contributed by atoms with van der Waals surface area (Å²) in [7, 11) is 1.78. The number of imide groups is 1. The first-order valence-corrected chi connectivity index (χ1v) is 12.3. The molecule has 0 heterocycles. The van der Waals surface area contributed by atoms with E-state index >= 15 is 0 Å². The van der Waals surface area contributed by atoms with Crippen LogP contribution < -0.4 is 10.1 Å². The second-order valence-electron chi connectivity index (χ2n) is 9.87. The number of carbonyl (C=O) groups excluding carboxylic acids is 3. The average Bonchev–Trinajstić information content (AvgIpc) is 2.85. The van der Waals surface area contributed by atoms with Crippen molar-refractivity contribution in [1.29, 1.82) is 0 Å². The Bertz CT molecular complexity index is 1050. The molecule has 1 atom stereocenters. The number of hydrogen-bond donors (Lipinski definition) is 2. The number of likely N-dealkylation sites (N-methyl/N-ethyl adjacent to an activating group) is 1. The zero-order chi connectivity index (χ0) is 27.6. The molecule has 1 unspecified atom stereocenters. The molecule has 0 aliphatic rings. The molecule has 0 saturated heterocycles. The van der Waals surface area contributed by atoms with Crippen molar-refractivity contribution in [2.75, 3.05) is 13.6 Å². The standard InChI is InChI=1S/C28H37N3O6/c1-20(2)17-24(26(35)29-16-15-25(33)34)31(19-32)27(36)28(3,4)30(5)18-21-11-13-23(14-12-21)37-22-9-7-6-8-10-22/h6-14,19-20,24H,15-18H2,1-5H3,(H,29,35)(H,33,34). The van der Waals surface area contributed by atoms with E-state index < -0.39 is 29.4 Å². The first-order chi connectivity index (χ1) is 17.4. The maximum absolute atomic E-state index is 13.6. The van der Waals surface area contributed by atoms with Gasteiger partial charge in [0.15, 0.2) is 0 Å². The van der Waals surface area contributed by atoms with Crippen LogP contribution in [0.2, 0.25) is 0 Å². The number of aliphatic carboxylic acids is 1. The van der Waals surface area contributed by atoms with Crippen molar-refractivity contribution in [2.24, 2.45) is 5.92 Å². The van der Waals surface area contributed by atoms with E-state index in [1.54, 1.807) is 20.9 Å². The number of para-hydroxylation sites is 1. The first kappa shape index (κ1) is 29.5. The number of nitrogens with zero attached hydrogens (tertiary/aromatic N) is 2. The van der Waals surface area contributed by atoms with E-state index in [2.05, 4.69) is 5.32 Å². The molecule has 0 radical (unpaired) electrons. The Hall–Kier alpha value is -3.72. The van der Waals surface area contributed by atoms with Gasteiger partial charge in [0, 0.05) is 13.1 Å². The number of carboxylic acids is 1. The van der Waals surface area contributed by atoms with Gasteiger partial charge in [-0.15, -0.1) is 0 Å². The van der Waals surface area contributed by atoms with Crippen LogP contribution in [-0.4, -0.2) is 64.3 Å². The highest BCUT2D eigenvalue weighted by Crippen LogP contribution is 2.24. The van der Waals surface area contributed by atoms with Crippen LogP contribution in [0.1, 0.15) is 46.1 Å². The molecule has 9 nitrogen and oxygen atoms in total. The molecule has 0 spiro atoms. The van der Waals surface area contributed by atoms with E-state index in [4.69, 9.17) is 9.84 Å². The molecule has 2 aromatic rings. The number of nitrogens with one attached hydrogen (secondary N) is 1. The maximum atomic E-state index is 13.6. The zero-order valence-corrected chi connectivity index (χ0v) is 22.1. The third kappa shape index (κ3) is 8.71. The molecule has 0 bridgehead atoms. The van der Waals surface area contributed by atoms with Gasteiger partial charge in [0.1, 0.15) is 17.5 Å². The van der Waals surface area contributed by atoms with Gasteiger partial charge < -0.3 is 15.2 Å². The van der Waals surface area contributed by atoms with E-state index in [0.717, 1.165) is 16.2 Å². The summed E-state index contributed by atoms with van der Waals surface area (Å²) in [5, 5.41) is 11.4. The molecule has 0 saturated carbocycles. The number of hydrogen-bond acceptors (Lipinski definition) is 6. The fourth-order valence-electron chi connectivity index (χ4n) is 3.70. The third-order valence-corrected chi connectivity index (χ3v) is 6.12. The van der Waals surface area contributed by atoms with Crippen LogP contribution in [-0.2, 0) is 25.7 Å². The zero-order valence-electron chi connectivity index (χ0n) is 22.1. The van der Waals surface area contributed by atoms with E-state index in [1.807, 2.05) is 73.3 Å². The average molecular weight is 512 g/mol. The Kier molecular flexibility index (Phi) is 10.8. The molecule has 0 aromatic heterocycles. The molecule has 2 aromatic carbocycles. The summed E-state index contributed by atoms with van der Waals surface area (Å²) in [6, 6.07) is 15.9. The maximum Gasteiger partial charge on any atom is 0.305 e. The van der Waals surface area contributed by atoms with E-state index in [-0.39, 0.29) is 25.3 Å². The number of rotatable bonds is 14. The van der Waals surface area contributed by atoms with Gasteiger partial charge in [-0.25, -0.2) is 0 Å². The molecule has 2 N–H and O–H groups in total. The number of benzene rings is 2. The SMILES string of the molecule is CC(C)CC(C(=O)NCCC(=O)O)N(C=O)C(=O)C(C)(C)N(C)Cc1ccc(Oc2ccccc2)cc1. The van der Waals surface area contributed by atoms with E-state index in [9.17, 15) is 19.2 Å². The molecule has 200 valence electrons. The van der Waals surface area contributed by atoms with Crippen molar-refractivity contribution in [1.82, 2.24) is 15.1 Å². The summed E-state index contributed by atoms with van der Waals surface area (Å²) in [4.78, 5) is 52.0. The molecule has 37 heavy (non-hydrogen) atoms. The second kappa shape index (κ2) is 13.5. The lowest BCUT2D eigenvalue weighted by Crippen LogP contribution is -2.59. The minimum Gasteiger partial charge on any atom is -0.481 e. The summed E-state index contributed by atoms with van der Waals surface area (Å²) >= 11 is 0. The van der Waals surface area contributed by atoms with Crippen LogP contribution in [0.4, 0.5) is 0 Å². The number of carbonyl (C=O) groups is 4. The van der Waals surface area contributed by atoms with Crippen LogP contribution in [0.25, 0.3) is 0 Å². The van der Waals surface area contributed by atoms with Crippen LogP contribution in [0.3, 0.4) is 0 Å². The number of ether oxygens (including phenoxy) is 1. The van der Waals surface area contributed by atoms with Gasteiger partial charge in [0.2, 0.25) is 18.2 Å². The Morgan fingerprint density at radius 3 is 2.16 bits per heavy atom. The van der Waals surface area contributed by atoms with Gasteiger partial charge in [0.05, 0.1) is 12.0 Å². The highest BCUT2D eigenvalue weighted by atomic mass is 16.5. The van der Waals surface area contributed by atoms with Gasteiger partial charge >= 0.3 is 5.97 Å². The lowest BCUT2D eigenvalue weighted by atomic mass is 9.96. The van der Waals surface area contributed by atoms with Gasteiger partial charge in [0.25, 0.3) is 0 Å². The Balaban J connectivity index is 2.12. The van der Waals surface area contributed by atoms with Gasteiger partial charge in [-0.3, -0.25) is 29.0 Å². The van der Waals surface area contributed by atoms with Gasteiger partial charge in [-0.2, -0.15) is 0 Å². The second-order valence-corrected chi connectivity index (χ2v) is 9.87. The third-order valence-electron chi connectivity index (χ3n) is 6.12. The van der Waals surface area contributed by atoms with Crippen molar-refractivity contribution < 1.29 is 29.0 Å². The molecule has 0 fully saturated rings. The summed E-state index contributed by atoms with van der Waals surface area (Å²) in [6.07, 6.45) is 0.391. The predicted octanol–water partition coefficient (Wildman–Crippen LogP) is 3.68. The van der Waals surface area contributed by atoms with Crippen molar-refractivity contribution in [3.63, 3.8) is 0 Å². The monoisotopic (exact) mass is 511 g/mol. The molecule has 9 heteroatoms. The van der Waals surface area contributed by atoms with Gasteiger partial charge in [-0.1, -0.05) is 44.2 Å². The van der Waals surface area contributed by atoms with Crippen molar-refractivity contribution in [3.8, 4) is 11.5 Å². The fraction of sp³-hybridized carbons (Fsp3) is 0.429. The van der Waals surface area contributed by atoms with Crippen LogP contribution >= 0.6 is 0 Å². The highest BCUT2D eigenvalue weighted by Gasteiger charge is 2.40. The molecular weight excluding hydrogens is 474 g/mol. The van der Waals surface area contributed by atoms with Crippen molar-refractivity contribution in [3.05, 3.63) is 60.2 Å². The summed E-state index contributed by atoms with van der Waals surface area (Å²) in [5.41, 5.74) is -0.178. The molecule has 0 aliphatic carbocycles. The summed E-state index contributed by atoms with van der Waals surface area (Å²) in [6.45, 7) is 7.50. The summed E-state index contributed by atoms with van der Waals surface area (Å²) in [5.74, 6) is -0.688. The Morgan fingerprint density at radius 1 is 1.03 bits per heavy atom. The highest BCUT2D eigenvalue weighted by molar-refractivity contribution is 5.98. The number of carboxylic acid groups (broad SMARTS) is 1. The topological polar surface area (TPSA) is 116 Å². The quantitative estimate of drug-likeness (QED) is 0.372. The molecule has 0 aliphatic heterocycles. The van der Waals surface area contributed by atoms with Crippen LogP contribution in [0.15, 0.2) is 54.6 Å². The van der Waals surface area contributed by atoms with E-state index in [1.165, 1.54) is 0 Å². The van der Waals surface area contributed by atoms with Crippen LogP contribution in [0, 0.1) is 5.92 Å². The molecule has 3 amide bonds. The summed E-state index contributed by atoms with van der Waals surface area (Å²) < 4.78 is 5.83. The number of amides is 3. The van der Waals surface area contributed by atoms with Crippen molar-refractivity contribution in [2.45, 2.75) is 58.7 Å². The Morgan fingerprint density at radius 2 is 1.62 bits per heavy atom. The largest absolute Gasteiger partial charge is 0.481 e. The minimum absolute atomic E-state index is 0.0166. The van der Waals surface area contributed by atoms with E-state index in [0.29, 0.717) is 18.7 Å². The van der Waals surface area contributed by atoms with Crippen molar-refractivity contribution >= 4 is 24.2 Å². The first-order valence-electron chi connectivity index (χ1n) is 12.3. The predicted molar refractivity (Wildman–Crippen MR) is 140 cm³/mol. The normalized spacial score (nSPS) is 12.2. The molecular formula is C28H37N3O6. The van der Waals surface area contributed by atoms with Gasteiger partial charge in [-0.05, 0) is 63.1 Å². The lowest BCUT2D eigenvalue weighted by molar-refractivity contribution is -0.154. The Labute approximate surface area is 218 Å².